The Kier molecular flexibility index (Phi) is 7.39. The smallest absolute Gasteiger partial charge is 0.333 e. The minimum Gasteiger partial charge on any atom is -0.467 e. The van der Waals surface area contributed by atoms with Crippen LogP contribution < -0.4 is 11.1 Å². The first-order chi connectivity index (χ1) is 9.27. The van der Waals surface area contributed by atoms with Crippen molar-refractivity contribution in [3.8, 4) is 0 Å². The Hall–Kier alpha value is -1.59. The van der Waals surface area contributed by atoms with E-state index in [9.17, 15) is 9.59 Å². The van der Waals surface area contributed by atoms with Gasteiger partial charge in [-0.25, -0.2) is 4.79 Å². The van der Waals surface area contributed by atoms with E-state index in [2.05, 4.69) is 5.32 Å². The summed E-state index contributed by atoms with van der Waals surface area (Å²) in [6, 6.07) is 7.37. The Labute approximate surface area is 131 Å². The van der Waals surface area contributed by atoms with Crippen molar-refractivity contribution in [1.29, 1.82) is 0 Å². The van der Waals surface area contributed by atoms with Crippen LogP contribution in [0.5, 0.6) is 0 Å². The van der Waals surface area contributed by atoms with Gasteiger partial charge in [0.25, 0.3) is 0 Å². The summed E-state index contributed by atoms with van der Waals surface area (Å²) >= 11 is 0. The molecular weight excluding hydrogens is 292 g/mol. The first kappa shape index (κ1) is 19.4. The van der Waals surface area contributed by atoms with Crippen LogP contribution in [0.4, 0.5) is 0 Å². The average molecular weight is 315 g/mol. The second kappa shape index (κ2) is 8.00. The van der Waals surface area contributed by atoms with Gasteiger partial charge in [-0.1, -0.05) is 51.1 Å². The Balaban J connectivity index is 0.00000400. The molecule has 0 saturated carbocycles. The van der Waals surface area contributed by atoms with Crippen LogP contribution in [-0.4, -0.2) is 25.0 Å². The standard InChI is InChI=1S/C15H22N2O3.ClH/c1-15(2,3)12(16)13(18)17-11(14(19)20-4)10-8-6-5-7-9-10;/h5-9,11-12H,16H2,1-4H3,(H,17,18);1H/t11-,12+;/m0./s1. The molecule has 0 spiro atoms. The van der Waals surface area contributed by atoms with Crippen molar-refractivity contribution in [3.63, 3.8) is 0 Å². The van der Waals surface area contributed by atoms with Crippen LogP contribution in [0, 0.1) is 5.41 Å². The van der Waals surface area contributed by atoms with Crippen LogP contribution in [0.25, 0.3) is 0 Å². The van der Waals surface area contributed by atoms with E-state index in [4.69, 9.17) is 10.5 Å². The molecule has 0 aliphatic carbocycles. The minimum absolute atomic E-state index is 0. The van der Waals surface area contributed by atoms with E-state index in [1.807, 2.05) is 26.8 Å². The first-order valence-corrected chi connectivity index (χ1v) is 6.46. The molecule has 0 saturated heterocycles. The van der Waals surface area contributed by atoms with Crippen molar-refractivity contribution in [2.45, 2.75) is 32.9 Å². The third kappa shape index (κ3) is 5.36. The second-order valence-corrected chi connectivity index (χ2v) is 5.72. The van der Waals surface area contributed by atoms with Crippen LogP contribution >= 0.6 is 12.4 Å². The van der Waals surface area contributed by atoms with Gasteiger partial charge < -0.3 is 15.8 Å². The molecule has 1 amide bonds. The number of carbonyl (C=O) groups excluding carboxylic acids is 2. The van der Waals surface area contributed by atoms with Crippen molar-refractivity contribution < 1.29 is 14.3 Å². The highest BCUT2D eigenvalue weighted by atomic mass is 35.5. The Morgan fingerprint density at radius 2 is 1.71 bits per heavy atom. The van der Waals surface area contributed by atoms with Gasteiger partial charge in [0.2, 0.25) is 5.91 Å². The van der Waals surface area contributed by atoms with Gasteiger partial charge in [-0.05, 0) is 11.0 Å². The molecule has 0 aromatic heterocycles. The molecule has 0 heterocycles. The number of hydrogen-bond acceptors (Lipinski definition) is 4. The van der Waals surface area contributed by atoms with E-state index in [0.717, 1.165) is 0 Å². The lowest BCUT2D eigenvalue weighted by Gasteiger charge is -2.27. The van der Waals surface area contributed by atoms with Gasteiger partial charge in [0.05, 0.1) is 13.2 Å². The molecule has 0 radical (unpaired) electrons. The van der Waals surface area contributed by atoms with Gasteiger partial charge in [-0.2, -0.15) is 0 Å². The fourth-order valence-electron chi connectivity index (χ4n) is 1.67. The van der Waals surface area contributed by atoms with Gasteiger partial charge in [0.15, 0.2) is 6.04 Å². The van der Waals surface area contributed by atoms with E-state index in [-0.39, 0.29) is 23.7 Å². The number of ether oxygens (including phenoxy) is 1. The molecule has 21 heavy (non-hydrogen) atoms. The summed E-state index contributed by atoms with van der Waals surface area (Å²) in [5, 5.41) is 2.65. The zero-order chi connectivity index (χ0) is 15.3. The fraction of sp³-hybridized carbons (Fsp3) is 0.467. The summed E-state index contributed by atoms with van der Waals surface area (Å²) in [5.41, 5.74) is 6.17. The molecule has 0 unspecified atom stereocenters. The van der Waals surface area contributed by atoms with Gasteiger partial charge in [-0.15, -0.1) is 12.4 Å². The lowest BCUT2D eigenvalue weighted by atomic mass is 9.86. The number of hydrogen-bond donors (Lipinski definition) is 2. The van der Waals surface area contributed by atoms with Crippen molar-refractivity contribution in [3.05, 3.63) is 35.9 Å². The van der Waals surface area contributed by atoms with Gasteiger partial charge in [0.1, 0.15) is 0 Å². The van der Waals surface area contributed by atoms with Crippen LogP contribution in [0.15, 0.2) is 30.3 Å². The highest BCUT2D eigenvalue weighted by Gasteiger charge is 2.31. The van der Waals surface area contributed by atoms with Crippen LogP contribution in [0.3, 0.4) is 0 Å². The molecule has 0 bridgehead atoms. The maximum atomic E-state index is 12.1. The second-order valence-electron chi connectivity index (χ2n) is 5.72. The summed E-state index contributed by atoms with van der Waals surface area (Å²) in [5.74, 6) is -0.901. The molecular formula is C15H23ClN2O3. The van der Waals surface area contributed by atoms with Crippen molar-refractivity contribution in [1.82, 2.24) is 5.32 Å². The fourth-order valence-corrected chi connectivity index (χ4v) is 1.67. The predicted octanol–water partition coefficient (Wildman–Crippen LogP) is 1.81. The largest absolute Gasteiger partial charge is 0.467 e. The van der Waals surface area contributed by atoms with E-state index in [0.29, 0.717) is 5.56 Å². The number of benzene rings is 1. The van der Waals surface area contributed by atoms with Crippen molar-refractivity contribution >= 4 is 24.3 Å². The predicted molar refractivity (Wildman–Crippen MR) is 84.0 cm³/mol. The summed E-state index contributed by atoms with van der Waals surface area (Å²) in [6.45, 7) is 5.60. The molecule has 1 aromatic carbocycles. The zero-order valence-electron chi connectivity index (χ0n) is 12.8. The maximum Gasteiger partial charge on any atom is 0.333 e. The van der Waals surface area contributed by atoms with Crippen molar-refractivity contribution in [2.75, 3.05) is 7.11 Å². The molecule has 5 nitrogen and oxygen atoms in total. The van der Waals surface area contributed by atoms with Gasteiger partial charge in [0, 0.05) is 0 Å². The normalized spacial score (nSPS) is 13.6. The molecule has 0 aliphatic rings. The van der Waals surface area contributed by atoms with E-state index in [1.165, 1.54) is 7.11 Å². The average Bonchev–Trinajstić information content (AvgIpc) is 2.42. The lowest BCUT2D eigenvalue weighted by Crippen LogP contribution is -2.50. The lowest BCUT2D eigenvalue weighted by molar-refractivity contribution is -0.145. The number of methoxy groups -OCH3 is 1. The molecule has 118 valence electrons. The number of nitrogens with two attached hydrogens (primary N) is 1. The molecule has 0 fully saturated rings. The first-order valence-electron chi connectivity index (χ1n) is 6.46. The van der Waals surface area contributed by atoms with E-state index < -0.39 is 18.1 Å². The summed E-state index contributed by atoms with van der Waals surface area (Å²) in [7, 11) is 1.29. The van der Waals surface area contributed by atoms with Crippen molar-refractivity contribution in [2.24, 2.45) is 11.1 Å². The third-order valence-electron chi connectivity index (χ3n) is 3.07. The zero-order valence-corrected chi connectivity index (χ0v) is 13.6. The third-order valence-corrected chi connectivity index (χ3v) is 3.07. The molecule has 1 aromatic rings. The SMILES string of the molecule is COC(=O)[C@@H](NC(=O)[C@@H](N)C(C)(C)C)c1ccccc1.Cl. The van der Waals surface area contributed by atoms with Gasteiger partial charge in [-0.3, -0.25) is 4.79 Å². The number of amides is 1. The molecule has 3 N–H and O–H groups in total. The number of esters is 1. The highest BCUT2D eigenvalue weighted by Crippen LogP contribution is 2.19. The summed E-state index contributed by atoms with van der Waals surface area (Å²) in [6.07, 6.45) is 0. The van der Waals surface area contributed by atoms with E-state index in [1.54, 1.807) is 24.3 Å². The Morgan fingerprint density at radius 1 is 1.19 bits per heavy atom. The summed E-state index contributed by atoms with van der Waals surface area (Å²) < 4.78 is 4.74. The van der Waals surface area contributed by atoms with Crippen LogP contribution in [0.1, 0.15) is 32.4 Å². The summed E-state index contributed by atoms with van der Waals surface area (Å²) in [4.78, 5) is 24.0. The quantitative estimate of drug-likeness (QED) is 0.831. The minimum atomic E-state index is -0.845. The van der Waals surface area contributed by atoms with Gasteiger partial charge >= 0.3 is 5.97 Å². The number of carbonyl (C=O) groups is 2. The molecule has 2 atom stereocenters. The van der Waals surface area contributed by atoms with E-state index >= 15 is 0 Å². The number of rotatable bonds is 4. The highest BCUT2D eigenvalue weighted by molar-refractivity contribution is 5.88. The molecule has 1 rings (SSSR count). The Morgan fingerprint density at radius 3 is 2.14 bits per heavy atom. The Bertz CT molecular complexity index is 472. The number of nitrogens with one attached hydrogen (secondary N) is 1. The maximum absolute atomic E-state index is 12.1. The number of halogens is 1. The molecule has 0 aliphatic heterocycles. The molecule has 6 heteroatoms. The monoisotopic (exact) mass is 314 g/mol. The van der Waals surface area contributed by atoms with Crippen LogP contribution in [0.2, 0.25) is 0 Å². The topological polar surface area (TPSA) is 81.4 Å². The van der Waals surface area contributed by atoms with Crippen LogP contribution in [-0.2, 0) is 14.3 Å².